The lowest BCUT2D eigenvalue weighted by atomic mass is 10.1. The SMILES string of the molecule is CCCCCCCCC(O)CN(CCCC(=O)SCCCSC(=O)CCCN(CC(O)CCCCCCCC)CC(O)CCCCCCCC)CC(O)CCCCCCCC. The molecular weight excluding hydrogens is 801 g/mol. The van der Waals surface area contributed by atoms with Gasteiger partial charge in [-0.25, -0.2) is 0 Å². The minimum Gasteiger partial charge on any atom is -0.392 e. The van der Waals surface area contributed by atoms with Gasteiger partial charge in [0.15, 0.2) is 10.2 Å². The van der Waals surface area contributed by atoms with Crippen molar-refractivity contribution in [1.29, 1.82) is 0 Å². The predicted molar refractivity (Wildman–Crippen MR) is 267 cm³/mol. The van der Waals surface area contributed by atoms with Crippen LogP contribution < -0.4 is 0 Å². The zero-order valence-corrected chi connectivity index (χ0v) is 42.3. The van der Waals surface area contributed by atoms with Crippen LogP contribution in [0.4, 0.5) is 0 Å². The minimum atomic E-state index is -0.406. The van der Waals surface area contributed by atoms with E-state index in [-0.39, 0.29) is 10.2 Å². The summed E-state index contributed by atoms with van der Waals surface area (Å²) in [6.45, 7) is 12.5. The number of nitrogens with zero attached hydrogens (tertiary/aromatic N) is 2. The van der Waals surface area contributed by atoms with E-state index in [0.29, 0.717) is 63.6 Å². The Bertz CT molecular complexity index is 829. The molecule has 0 aromatic heterocycles. The van der Waals surface area contributed by atoms with Gasteiger partial charge < -0.3 is 20.4 Å². The molecule has 10 heteroatoms. The summed E-state index contributed by atoms with van der Waals surface area (Å²) in [6.07, 6.45) is 33.5. The van der Waals surface area contributed by atoms with Crippen molar-refractivity contribution in [3.63, 3.8) is 0 Å². The van der Waals surface area contributed by atoms with Gasteiger partial charge in [-0.2, -0.15) is 0 Å². The van der Waals surface area contributed by atoms with Crippen molar-refractivity contribution in [2.24, 2.45) is 0 Å². The van der Waals surface area contributed by atoms with Gasteiger partial charge in [0.2, 0.25) is 0 Å². The van der Waals surface area contributed by atoms with E-state index in [1.807, 2.05) is 0 Å². The normalized spacial score (nSPS) is 13.9. The number of thioether (sulfide) groups is 2. The van der Waals surface area contributed by atoms with Crippen molar-refractivity contribution >= 4 is 33.8 Å². The maximum atomic E-state index is 12.8. The van der Waals surface area contributed by atoms with Gasteiger partial charge >= 0.3 is 0 Å². The summed E-state index contributed by atoms with van der Waals surface area (Å²) < 4.78 is 0. The van der Waals surface area contributed by atoms with Crippen LogP contribution in [0.3, 0.4) is 0 Å². The van der Waals surface area contributed by atoms with E-state index in [0.717, 1.165) is 96.3 Å². The first-order valence-corrected chi connectivity index (χ1v) is 28.1. The van der Waals surface area contributed by atoms with Gasteiger partial charge in [-0.15, -0.1) is 0 Å². The molecule has 8 nitrogen and oxygen atoms in total. The first kappa shape index (κ1) is 60.8. The third kappa shape index (κ3) is 43.5. The van der Waals surface area contributed by atoms with Crippen LogP contribution in [-0.2, 0) is 9.59 Å². The second-order valence-corrected chi connectivity index (χ2v) is 20.7. The van der Waals surface area contributed by atoms with E-state index >= 15 is 0 Å². The maximum Gasteiger partial charge on any atom is 0.188 e. The van der Waals surface area contributed by atoms with Crippen molar-refractivity contribution < 1.29 is 30.0 Å². The number of rotatable bonds is 48. The molecule has 0 aliphatic rings. The van der Waals surface area contributed by atoms with Crippen LogP contribution in [0.2, 0.25) is 0 Å². The molecule has 0 aromatic rings. The fourth-order valence-electron chi connectivity index (χ4n) is 8.18. The molecule has 4 atom stereocenters. The highest BCUT2D eigenvalue weighted by molar-refractivity contribution is 8.14. The molecule has 0 aromatic carbocycles. The highest BCUT2D eigenvalue weighted by atomic mass is 32.2. The summed E-state index contributed by atoms with van der Waals surface area (Å²) >= 11 is 2.73. The number of carbonyl (C=O) groups is 2. The molecule has 0 radical (unpaired) electrons. The van der Waals surface area contributed by atoms with Crippen LogP contribution in [0, 0.1) is 0 Å². The van der Waals surface area contributed by atoms with Crippen molar-refractivity contribution in [3.05, 3.63) is 0 Å². The Hall–Kier alpha value is -0.200. The fraction of sp³-hybridized carbons (Fsp3) is 0.961. The second-order valence-electron chi connectivity index (χ2n) is 18.4. The first-order chi connectivity index (χ1) is 29.6. The first-order valence-electron chi connectivity index (χ1n) is 26.1. The molecule has 0 saturated carbocycles. The van der Waals surface area contributed by atoms with Gasteiger partial charge in [-0.3, -0.25) is 19.4 Å². The molecule has 0 aliphatic carbocycles. The highest BCUT2D eigenvalue weighted by Gasteiger charge is 2.18. The van der Waals surface area contributed by atoms with E-state index in [4.69, 9.17) is 0 Å². The second kappa shape index (κ2) is 46.3. The van der Waals surface area contributed by atoms with Gasteiger partial charge in [-0.05, 0) is 58.0 Å². The maximum absolute atomic E-state index is 12.8. The Morgan fingerprint density at radius 2 is 0.607 bits per heavy atom. The summed E-state index contributed by atoms with van der Waals surface area (Å²) in [7, 11) is 0. The van der Waals surface area contributed by atoms with Crippen molar-refractivity contribution in [2.45, 2.75) is 264 Å². The average Bonchev–Trinajstić information content (AvgIpc) is 3.22. The van der Waals surface area contributed by atoms with Crippen molar-refractivity contribution in [3.8, 4) is 0 Å². The molecule has 0 bridgehead atoms. The molecule has 0 rings (SSSR count). The number of hydrogen-bond donors (Lipinski definition) is 4. The monoisotopic (exact) mass is 903 g/mol. The zero-order chi connectivity index (χ0) is 45.0. The van der Waals surface area contributed by atoms with Gasteiger partial charge in [0.05, 0.1) is 24.4 Å². The molecule has 0 spiro atoms. The van der Waals surface area contributed by atoms with E-state index < -0.39 is 24.4 Å². The smallest absolute Gasteiger partial charge is 0.188 e. The summed E-state index contributed by atoms with van der Waals surface area (Å²) in [5.41, 5.74) is 0. The van der Waals surface area contributed by atoms with E-state index in [9.17, 15) is 30.0 Å². The number of hydrogen-bond acceptors (Lipinski definition) is 10. The molecule has 0 aliphatic heterocycles. The lowest BCUT2D eigenvalue weighted by molar-refractivity contribution is -0.111. The molecular formula is C51H102N2O6S2. The quantitative estimate of drug-likeness (QED) is 0.0439. The van der Waals surface area contributed by atoms with Crippen LogP contribution in [0.25, 0.3) is 0 Å². The molecule has 0 amide bonds. The largest absolute Gasteiger partial charge is 0.392 e. The molecule has 4 unspecified atom stereocenters. The zero-order valence-electron chi connectivity index (χ0n) is 40.6. The standard InChI is InChI=1S/C51H102N2O6S2/c1-5-9-13-17-21-25-32-46(54)42-52(43-47(55)33-26-22-18-14-10-6-2)38-29-36-50(58)60-40-31-41-61-51(59)37-30-39-53(44-48(56)34-27-23-19-15-11-7-3)45-49(57)35-28-24-20-16-12-8-4/h46-49,54-57H,5-45H2,1-4H3. The number of unbranched alkanes of at least 4 members (excludes halogenated alkanes) is 20. The summed E-state index contributed by atoms with van der Waals surface area (Å²) in [4.78, 5) is 29.9. The number of carbonyl (C=O) groups excluding carboxylic acids is 2. The third-order valence-corrected chi connectivity index (χ3v) is 14.0. The Labute approximate surface area is 386 Å². The van der Waals surface area contributed by atoms with Crippen molar-refractivity contribution in [2.75, 3.05) is 50.8 Å². The van der Waals surface area contributed by atoms with E-state index in [1.54, 1.807) is 0 Å². The Morgan fingerprint density at radius 1 is 0.361 bits per heavy atom. The summed E-state index contributed by atoms with van der Waals surface area (Å²) in [6, 6.07) is 0. The van der Waals surface area contributed by atoms with Crippen LogP contribution in [0.1, 0.15) is 240 Å². The number of aliphatic hydroxyl groups is 4. The van der Waals surface area contributed by atoms with Crippen LogP contribution in [0.5, 0.6) is 0 Å². The van der Waals surface area contributed by atoms with Crippen molar-refractivity contribution in [1.82, 2.24) is 9.80 Å². The Kier molecular flexibility index (Phi) is 46.2. The fourth-order valence-corrected chi connectivity index (χ4v) is 9.97. The van der Waals surface area contributed by atoms with Gasteiger partial charge in [0, 0.05) is 50.5 Å². The Balaban J connectivity index is 4.63. The van der Waals surface area contributed by atoms with E-state index in [1.165, 1.54) is 126 Å². The molecule has 0 saturated heterocycles. The van der Waals surface area contributed by atoms with E-state index in [2.05, 4.69) is 37.5 Å². The van der Waals surface area contributed by atoms with Gasteiger partial charge in [0.1, 0.15) is 0 Å². The predicted octanol–water partition coefficient (Wildman–Crippen LogP) is 12.5. The Morgan fingerprint density at radius 3 is 0.869 bits per heavy atom. The van der Waals surface area contributed by atoms with Gasteiger partial charge in [-0.1, -0.05) is 205 Å². The molecule has 0 heterocycles. The van der Waals surface area contributed by atoms with Crippen LogP contribution >= 0.6 is 23.5 Å². The lowest BCUT2D eigenvalue weighted by Gasteiger charge is -2.27. The van der Waals surface area contributed by atoms with Gasteiger partial charge in [0.25, 0.3) is 0 Å². The lowest BCUT2D eigenvalue weighted by Crippen LogP contribution is -2.38. The minimum absolute atomic E-state index is 0.175. The number of aliphatic hydroxyl groups excluding tert-OH is 4. The average molecular weight is 904 g/mol. The molecule has 61 heavy (non-hydrogen) atoms. The molecule has 364 valence electrons. The third-order valence-electron chi connectivity index (χ3n) is 12.0. The molecule has 4 N–H and O–H groups in total. The topological polar surface area (TPSA) is 122 Å². The summed E-state index contributed by atoms with van der Waals surface area (Å²) in [5, 5.41) is 43.7. The van der Waals surface area contributed by atoms with Crippen LogP contribution in [-0.4, -0.2) is 116 Å². The molecule has 0 fully saturated rings. The highest BCUT2D eigenvalue weighted by Crippen LogP contribution is 2.18. The van der Waals surface area contributed by atoms with Crippen LogP contribution in [0.15, 0.2) is 0 Å². The summed E-state index contributed by atoms with van der Waals surface area (Å²) in [5.74, 6) is 1.41.